The van der Waals surface area contributed by atoms with Crippen molar-refractivity contribution < 1.29 is 4.74 Å². The second kappa shape index (κ2) is 7.01. The lowest BCUT2D eigenvalue weighted by Crippen LogP contribution is -2.33. The summed E-state index contributed by atoms with van der Waals surface area (Å²) in [6, 6.07) is 5.75. The Bertz CT molecular complexity index is 403. The van der Waals surface area contributed by atoms with Gasteiger partial charge in [0, 0.05) is 11.6 Å². The van der Waals surface area contributed by atoms with Crippen LogP contribution >= 0.6 is 11.6 Å². The zero-order valence-corrected chi connectivity index (χ0v) is 12.5. The summed E-state index contributed by atoms with van der Waals surface area (Å²) in [6.45, 7) is 6.05. The fraction of sp³-hybridized carbons (Fsp3) is 0.600. The van der Waals surface area contributed by atoms with Gasteiger partial charge in [-0.05, 0) is 64.0 Å². The molecule has 1 aromatic carbocycles. The molecule has 0 unspecified atom stereocenters. The highest BCUT2D eigenvalue weighted by Gasteiger charge is 2.16. The van der Waals surface area contributed by atoms with Gasteiger partial charge in [0.05, 0.1) is 12.3 Å². The van der Waals surface area contributed by atoms with E-state index in [9.17, 15) is 0 Å². The van der Waals surface area contributed by atoms with Crippen molar-refractivity contribution >= 4 is 17.3 Å². The summed E-state index contributed by atoms with van der Waals surface area (Å²) in [5.74, 6) is 1.63. The minimum Gasteiger partial charge on any atom is -0.492 e. The molecule has 0 atom stereocenters. The quantitative estimate of drug-likeness (QED) is 0.895. The summed E-state index contributed by atoms with van der Waals surface area (Å²) < 4.78 is 5.62. The van der Waals surface area contributed by atoms with Gasteiger partial charge < -0.3 is 15.0 Å². The van der Waals surface area contributed by atoms with E-state index in [0.29, 0.717) is 6.61 Å². The minimum atomic E-state index is 0.671. The highest BCUT2D eigenvalue weighted by molar-refractivity contribution is 6.30. The maximum absolute atomic E-state index is 6.06. The number of rotatable bonds is 5. The Labute approximate surface area is 120 Å². The van der Waals surface area contributed by atoms with Crippen molar-refractivity contribution in [3.63, 3.8) is 0 Å². The van der Waals surface area contributed by atoms with Crippen molar-refractivity contribution in [2.75, 3.05) is 38.6 Å². The van der Waals surface area contributed by atoms with Crippen molar-refractivity contribution in [1.82, 2.24) is 4.90 Å². The molecule has 3 nitrogen and oxygen atoms in total. The maximum Gasteiger partial charge on any atom is 0.142 e. The van der Waals surface area contributed by atoms with Crippen LogP contribution in [0.1, 0.15) is 19.8 Å². The van der Waals surface area contributed by atoms with Crippen LogP contribution in [0.4, 0.5) is 5.69 Å². The first-order chi connectivity index (χ1) is 9.19. The van der Waals surface area contributed by atoms with E-state index in [0.717, 1.165) is 28.9 Å². The molecule has 1 N–H and O–H groups in total. The molecule has 1 aromatic rings. The summed E-state index contributed by atoms with van der Waals surface area (Å²) in [4.78, 5) is 2.39. The lowest BCUT2D eigenvalue weighted by Gasteiger charge is -2.29. The molecule has 4 heteroatoms. The first kappa shape index (κ1) is 14.5. The molecule has 0 spiro atoms. The van der Waals surface area contributed by atoms with Gasteiger partial charge in [-0.3, -0.25) is 0 Å². The van der Waals surface area contributed by atoms with Crippen molar-refractivity contribution in [1.29, 1.82) is 0 Å². The number of benzene rings is 1. The van der Waals surface area contributed by atoms with E-state index >= 15 is 0 Å². The van der Waals surface area contributed by atoms with Crippen LogP contribution in [0.25, 0.3) is 0 Å². The third kappa shape index (κ3) is 4.29. The Kier molecular flexibility index (Phi) is 5.34. The summed E-state index contributed by atoms with van der Waals surface area (Å²) in [7, 11) is 2.19. The summed E-state index contributed by atoms with van der Waals surface area (Å²) in [5, 5.41) is 4.24. The standard InChI is InChI=1S/C15H23ClN2O/c1-3-19-15-5-4-13(16)10-14(15)17-11-12-6-8-18(2)9-7-12/h4-5,10,12,17H,3,6-9,11H2,1-2H3. The molecule has 0 aromatic heterocycles. The molecule has 0 amide bonds. The lowest BCUT2D eigenvalue weighted by molar-refractivity contribution is 0.226. The second-order valence-corrected chi connectivity index (χ2v) is 5.64. The van der Waals surface area contributed by atoms with Gasteiger partial charge in [-0.1, -0.05) is 11.6 Å². The number of ether oxygens (including phenoxy) is 1. The molecule has 0 bridgehead atoms. The molecule has 0 saturated carbocycles. The van der Waals surface area contributed by atoms with Gasteiger partial charge in [-0.15, -0.1) is 0 Å². The lowest BCUT2D eigenvalue weighted by atomic mass is 9.97. The zero-order valence-electron chi connectivity index (χ0n) is 11.8. The fourth-order valence-corrected chi connectivity index (χ4v) is 2.61. The number of halogens is 1. The van der Waals surface area contributed by atoms with E-state index in [1.54, 1.807) is 0 Å². The molecular weight excluding hydrogens is 260 g/mol. The van der Waals surface area contributed by atoms with Crippen molar-refractivity contribution in [2.45, 2.75) is 19.8 Å². The number of hydrogen-bond acceptors (Lipinski definition) is 3. The second-order valence-electron chi connectivity index (χ2n) is 5.20. The monoisotopic (exact) mass is 282 g/mol. The number of hydrogen-bond donors (Lipinski definition) is 1. The maximum atomic E-state index is 6.06. The topological polar surface area (TPSA) is 24.5 Å². The third-order valence-corrected chi connectivity index (χ3v) is 3.90. The van der Waals surface area contributed by atoms with E-state index in [-0.39, 0.29) is 0 Å². The van der Waals surface area contributed by atoms with Crippen LogP contribution in [-0.4, -0.2) is 38.2 Å². The molecule has 1 aliphatic heterocycles. The SMILES string of the molecule is CCOc1ccc(Cl)cc1NCC1CCN(C)CC1. The van der Waals surface area contributed by atoms with Gasteiger partial charge in [0.1, 0.15) is 5.75 Å². The zero-order chi connectivity index (χ0) is 13.7. The Morgan fingerprint density at radius 2 is 2.11 bits per heavy atom. The molecule has 1 heterocycles. The van der Waals surface area contributed by atoms with E-state index in [4.69, 9.17) is 16.3 Å². The van der Waals surface area contributed by atoms with Gasteiger partial charge in [-0.2, -0.15) is 0 Å². The largest absolute Gasteiger partial charge is 0.492 e. The first-order valence-electron chi connectivity index (χ1n) is 7.03. The molecular formula is C15H23ClN2O. The van der Waals surface area contributed by atoms with Crippen LogP contribution in [0.15, 0.2) is 18.2 Å². The highest BCUT2D eigenvalue weighted by atomic mass is 35.5. The highest BCUT2D eigenvalue weighted by Crippen LogP contribution is 2.29. The van der Waals surface area contributed by atoms with Gasteiger partial charge >= 0.3 is 0 Å². The third-order valence-electron chi connectivity index (χ3n) is 3.66. The number of piperidine rings is 1. The average Bonchev–Trinajstić information content (AvgIpc) is 2.41. The van der Waals surface area contributed by atoms with Crippen LogP contribution in [0.5, 0.6) is 5.75 Å². The fourth-order valence-electron chi connectivity index (χ4n) is 2.44. The molecule has 2 rings (SSSR count). The first-order valence-corrected chi connectivity index (χ1v) is 7.41. The predicted octanol–water partition coefficient (Wildman–Crippen LogP) is 3.49. The van der Waals surface area contributed by atoms with Crippen LogP contribution in [0.3, 0.4) is 0 Å². The molecule has 1 aliphatic rings. The number of nitrogens with zero attached hydrogens (tertiary/aromatic N) is 1. The van der Waals surface area contributed by atoms with Crippen LogP contribution < -0.4 is 10.1 Å². The molecule has 106 valence electrons. The molecule has 1 fully saturated rings. The number of anilines is 1. The number of nitrogens with one attached hydrogen (secondary N) is 1. The van der Waals surface area contributed by atoms with E-state index in [1.807, 2.05) is 25.1 Å². The summed E-state index contributed by atoms with van der Waals surface area (Å²) in [6.07, 6.45) is 2.52. The Morgan fingerprint density at radius 3 is 2.79 bits per heavy atom. The molecule has 0 radical (unpaired) electrons. The van der Waals surface area contributed by atoms with Gasteiger partial charge in [-0.25, -0.2) is 0 Å². The van der Waals surface area contributed by atoms with Crippen molar-refractivity contribution in [3.05, 3.63) is 23.2 Å². The van der Waals surface area contributed by atoms with Crippen LogP contribution in [0.2, 0.25) is 5.02 Å². The molecule has 19 heavy (non-hydrogen) atoms. The van der Waals surface area contributed by atoms with Crippen molar-refractivity contribution in [2.24, 2.45) is 5.92 Å². The smallest absolute Gasteiger partial charge is 0.142 e. The predicted molar refractivity (Wildman–Crippen MR) is 81.3 cm³/mol. The summed E-state index contributed by atoms with van der Waals surface area (Å²) in [5.41, 5.74) is 1.01. The summed E-state index contributed by atoms with van der Waals surface area (Å²) >= 11 is 6.06. The van der Waals surface area contributed by atoms with E-state index in [2.05, 4.69) is 17.3 Å². The Hall–Kier alpha value is -0.930. The van der Waals surface area contributed by atoms with E-state index < -0.39 is 0 Å². The van der Waals surface area contributed by atoms with Gasteiger partial charge in [0.15, 0.2) is 0 Å². The van der Waals surface area contributed by atoms with Crippen LogP contribution in [-0.2, 0) is 0 Å². The van der Waals surface area contributed by atoms with Gasteiger partial charge in [0.25, 0.3) is 0 Å². The van der Waals surface area contributed by atoms with Gasteiger partial charge in [0.2, 0.25) is 0 Å². The molecule has 0 aliphatic carbocycles. The minimum absolute atomic E-state index is 0.671. The Morgan fingerprint density at radius 1 is 1.37 bits per heavy atom. The van der Waals surface area contributed by atoms with E-state index in [1.165, 1.54) is 25.9 Å². The number of likely N-dealkylation sites (tertiary alicyclic amines) is 1. The average molecular weight is 283 g/mol. The normalized spacial score (nSPS) is 17.4. The van der Waals surface area contributed by atoms with Crippen LogP contribution in [0, 0.1) is 5.92 Å². The molecule has 1 saturated heterocycles. The Balaban J connectivity index is 1.92. The van der Waals surface area contributed by atoms with Crippen molar-refractivity contribution in [3.8, 4) is 5.75 Å².